The summed E-state index contributed by atoms with van der Waals surface area (Å²) in [6, 6.07) is 8.36. The molecule has 1 aromatic heterocycles. The molecule has 0 bridgehead atoms. The molecule has 2 rings (SSSR count). The Bertz CT molecular complexity index is 551. The SMILES string of the molecule is CCCNCc1cc(COc2ccccc2F)c(C)o1. The zero-order valence-corrected chi connectivity index (χ0v) is 11.9. The molecule has 0 atom stereocenters. The Hall–Kier alpha value is -1.81. The van der Waals surface area contributed by atoms with E-state index in [-0.39, 0.29) is 11.6 Å². The van der Waals surface area contributed by atoms with E-state index in [1.807, 2.05) is 13.0 Å². The lowest BCUT2D eigenvalue weighted by atomic mass is 10.2. The van der Waals surface area contributed by atoms with E-state index in [0.29, 0.717) is 13.2 Å². The van der Waals surface area contributed by atoms with Gasteiger partial charge in [-0.05, 0) is 38.1 Å². The highest BCUT2D eigenvalue weighted by atomic mass is 19.1. The number of halogens is 1. The Balaban J connectivity index is 1.94. The number of hydrogen-bond donors (Lipinski definition) is 1. The molecule has 0 radical (unpaired) electrons. The topological polar surface area (TPSA) is 34.4 Å². The summed E-state index contributed by atoms with van der Waals surface area (Å²) in [4.78, 5) is 0. The maximum absolute atomic E-state index is 13.4. The molecule has 20 heavy (non-hydrogen) atoms. The highest BCUT2D eigenvalue weighted by Crippen LogP contribution is 2.20. The molecule has 0 saturated heterocycles. The molecule has 0 aliphatic carbocycles. The van der Waals surface area contributed by atoms with Crippen molar-refractivity contribution in [2.45, 2.75) is 33.4 Å². The molecule has 1 N–H and O–H groups in total. The summed E-state index contributed by atoms with van der Waals surface area (Å²) in [5, 5.41) is 3.28. The first kappa shape index (κ1) is 14.6. The van der Waals surface area contributed by atoms with Crippen molar-refractivity contribution in [1.82, 2.24) is 5.32 Å². The third-order valence-corrected chi connectivity index (χ3v) is 3.02. The lowest BCUT2D eigenvalue weighted by molar-refractivity contribution is 0.287. The molecular weight excluding hydrogens is 257 g/mol. The number of benzene rings is 1. The molecule has 3 nitrogen and oxygen atoms in total. The average Bonchev–Trinajstić information content (AvgIpc) is 2.79. The summed E-state index contributed by atoms with van der Waals surface area (Å²) < 4.78 is 24.6. The van der Waals surface area contributed by atoms with Crippen molar-refractivity contribution in [1.29, 1.82) is 0 Å². The number of nitrogens with one attached hydrogen (secondary N) is 1. The number of furan rings is 1. The van der Waals surface area contributed by atoms with Crippen LogP contribution in [0.1, 0.15) is 30.4 Å². The molecule has 0 amide bonds. The van der Waals surface area contributed by atoms with Gasteiger partial charge in [-0.25, -0.2) is 4.39 Å². The van der Waals surface area contributed by atoms with Crippen LogP contribution in [0.25, 0.3) is 0 Å². The van der Waals surface area contributed by atoms with Gasteiger partial charge < -0.3 is 14.5 Å². The van der Waals surface area contributed by atoms with Gasteiger partial charge in [0.05, 0.1) is 6.54 Å². The molecule has 1 heterocycles. The van der Waals surface area contributed by atoms with Crippen molar-refractivity contribution in [3.63, 3.8) is 0 Å². The molecule has 4 heteroatoms. The fourth-order valence-electron chi connectivity index (χ4n) is 1.92. The van der Waals surface area contributed by atoms with Gasteiger partial charge in [0.15, 0.2) is 11.6 Å². The minimum atomic E-state index is -0.349. The van der Waals surface area contributed by atoms with E-state index in [1.165, 1.54) is 6.07 Å². The fraction of sp³-hybridized carbons (Fsp3) is 0.375. The zero-order chi connectivity index (χ0) is 14.4. The standard InChI is InChI=1S/C16H20FNO2/c1-3-8-18-10-14-9-13(12(2)20-14)11-19-16-7-5-4-6-15(16)17/h4-7,9,18H,3,8,10-11H2,1-2H3. The van der Waals surface area contributed by atoms with Gasteiger partial charge in [0.2, 0.25) is 0 Å². The van der Waals surface area contributed by atoms with E-state index < -0.39 is 0 Å². The molecule has 0 saturated carbocycles. The van der Waals surface area contributed by atoms with E-state index in [2.05, 4.69) is 12.2 Å². The summed E-state index contributed by atoms with van der Waals surface area (Å²) in [7, 11) is 0. The zero-order valence-electron chi connectivity index (χ0n) is 11.9. The lowest BCUT2D eigenvalue weighted by Gasteiger charge is -2.05. The first-order valence-electron chi connectivity index (χ1n) is 6.87. The van der Waals surface area contributed by atoms with Gasteiger partial charge in [0.25, 0.3) is 0 Å². The first-order valence-corrected chi connectivity index (χ1v) is 6.87. The van der Waals surface area contributed by atoms with Gasteiger partial charge in [0.1, 0.15) is 18.1 Å². The monoisotopic (exact) mass is 277 g/mol. The number of ether oxygens (including phenoxy) is 1. The molecule has 0 aliphatic rings. The molecule has 0 fully saturated rings. The number of aryl methyl sites for hydroxylation is 1. The second-order valence-corrected chi connectivity index (χ2v) is 4.69. The summed E-state index contributed by atoms with van der Waals surface area (Å²) in [5.74, 6) is 1.61. The van der Waals surface area contributed by atoms with Gasteiger partial charge >= 0.3 is 0 Å². The number of rotatable bonds is 7. The predicted molar refractivity (Wildman–Crippen MR) is 76.2 cm³/mol. The van der Waals surface area contributed by atoms with Gasteiger partial charge in [-0.2, -0.15) is 0 Å². The molecule has 0 unspecified atom stereocenters. The molecule has 2 aromatic rings. The fourth-order valence-corrected chi connectivity index (χ4v) is 1.92. The van der Waals surface area contributed by atoms with Crippen LogP contribution in [0.4, 0.5) is 4.39 Å². The van der Waals surface area contributed by atoms with Crippen LogP contribution in [-0.4, -0.2) is 6.54 Å². The van der Waals surface area contributed by atoms with E-state index in [0.717, 1.165) is 30.0 Å². The second kappa shape index (κ2) is 7.10. The normalized spacial score (nSPS) is 10.8. The van der Waals surface area contributed by atoms with Crippen LogP contribution in [0.15, 0.2) is 34.7 Å². The summed E-state index contributed by atoms with van der Waals surface area (Å²) in [5.41, 5.74) is 0.946. The van der Waals surface area contributed by atoms with Crippen molar-refractivity contribution >= 4 is 0 Å². The largest absolute Gasteiger partial charge is 0.486 e. The highest BCUT2D eigenvalue weighted by Gasteiger charge is 2.09. The Morgan fingerprint density at radius 3 is 2.85 bits per heavy atom. The Kier molecular flexibility index (Phi) is 5.18. The molecular formula is C16H20FNO2. The van der Waals surface area contributed by atoms with Crippen molar-refractivity contribution in [3.05, 3.63) is 53.2 Å². The van der Waals surface area contributed by atoms with E-state index in [4.69, 9.17) is 9.15 Å². The van der Waals surface area contributed by atoms with Crippen LogP contribution in [0.3, 0.4) is 0 Å². The van der Waals surface area contributed by atoms with Gasteiger partial charge in [-0.1, -0.05) is 19.1 Å². The van der Waals surface area contributed by atoms with Crippen molar-refractivity contribution in [3.8, 4) is 5.75 Å². The van der Waals surface area contributed by atoms with Gasteiger partial charge in [-0.3, -0.25) is 0 Å². The Morgan fingerprint density at radius 1 is 1.30 bits per heavy atom. The number of hydrogen-bond acceptors (Lipinski definition) is 3. The molecule has 0 spiro atoms. The minimum Gasteiger partial charge on any atom is -0.486 e. The van der Waals surface area contributed by atoms with E-state index in [1.54, 1.807) is 18.2 Å². The second-order valence-electron chi connectivity index (χ2n) is 4.69. The minimum absolute atomic E-state index is 0.263. The van der Waals surface area contributed by atoms with Crippen LogP contribution < -0.4 is 10.1 Å². The summed E-state index contributed by atoms with van der Waals surface area (Å²) in [6.07, 6.45) is 1.09. The third-order valence-electron chi connectivity index (χ3n) is 3.02. The maximum Gasteiger partial charge on any atom is 0.165 e. The average molecular weight is 277 g/mol. The number of para-hydroxylation sites is 1. The van der Waals surface area contributed by atoms with Crippen molar-refractivity contribution in [2.24, 2.45) is 0 Å². The summed E-state index contributed by atoms with van der Waals surface area (Å²) in [6.45, 7) is 5.98. The Labute approximate surface area is 118 Å². The lowest BCUT2D eigenvalue weighted by Crippen LogP contribution is -2.13. The van der Waals surface area contributed by atoms with Crippen LogP contribution in [0.2, 0.25) is 0 Å². The molecule has 108 valence electrons. The molecule has 0 aliphatic heterocycles. The first-order chi connectivity index (χ1) is 9.70. The maximum atomic E-state index is 13.4. The van der Waals surface area contributed by atoms with Crippen LogP contribution in [0, 0.1) is 12.7 Å². The van der Waals surface area contributed by atoms with Gasteiger partial charge in [0, 0.05) is 5.56 Å². The Morgan fingerprint density at radius 2 is 2.10 bits per heavy atom. The third kappa shape index (κ3) is 3.84. The quantitative estimate of drug-likeness (QED) is 0.782. The van der Waals surface area contributed by atoms with E-state index in [9.17, 15) is 4.39 Å². The summed E-state index contributed by atoms with van der Waals surface area (Å²) >= 11 is 0. The van der Waals surface area contributed by atoms with Crippen molar-refractivity contribution < 1.29 is 13.5 Å². The predicted octanol–water partition coefficient (Wildman–Crippen LogP) is 3.81. The molecule has 1 aromatic carbocycles. The van der Waals surface area contributed by atoms with Crippen LogP contribution in [-0.2, 0) is 13.2 Å². The van der Waals surface area contributed by atoms with Crippen LogP contribution >= 0.6 is 0 Å². The highest BCUT2D eigenvalue weighted by molar-refractivity contribution is 5.25. The van der Waals surface area contributed by atoms with Crippen LogP contribution in [0.5, 0.6) is 5.75 Å². The smallest absolute Gasteiger partial charge is 0.165 e. The van der Waals surface area contributed by atoms with Gasteiger partial charge in [-0.15, -0.1) is 0 Å². The van der Waals surface area contributed by atoms with Crippen molar-refractivity contribution in [2.75, 3.05) is 6.54 Å². The van der Waals surface area contributed by atoms with E-state index >= 15 is 0 Å².